The fraction of sp³-hybridized carbons (Fsp3) is 0.167. The minimum atomic E-state index is -0.0339. The molecule has 0 spiro atoms. The van der Waals surface area contributed by atoms with Gasteiger partial charge in [-0.2, -0.15) is 0 Å². The second kappa shape index (κ2) is 8.91. The van der Waals surface area contributed by atoms with Gasteiger partial charge in [0, 0.05) is 4.47 Å². The summed E-state index contributed by atoms with van der Waals surface area (Å²) in [4.78, 5) is 11.7. The van der Waals surface area contributed by atoms with Crippen LogP contribution in [0.1, 0.15) is 5.56 Å². The molecule has 4 heteroatoms. The molecule has 2 aromatic rings. The Morgan fingerprint density at radius 3 is 2.68 bits per heavy atom. The van der Waals surface area contributed by atoms with E-state index in [4.69, 9.17) is 4.74 Å². The molecule has 0 atom stereocenters. The lowest BCUT2D eigenvalue weighted by Gasteiger charge is -2.02. The van der Waals surface area contributed by atoms with E-state index in [9.17, 15) is 4.79 Å². The fourth-order valence-corrected chi connectivity index (χ4v) is 2.15. The maximum Gasteiger partial charge on any atom is 0.225 e. The number of halogens is 1. The number of carbonyl (C=O) groups excluding carboxylic acids is 1. The zero-order chi connectivity index (χ0) is 15.6. The monoisotopic (exact) mass is 357 g/mol. The van der Waals surface area contributed by atoms with Gasteiger partial charge < -0.3 is 10.1 Å². The average molecular weight is 358 g/mol. The van der Waals surface area contributed by atoms with Gasteiger partial charge in [-0.1, -0.05) is 64.2 Å². The smallest absolute Gasteiger partial charge is 0.225 e. The average Bonchev–Trinajstić information content (AvgIpc) is 2.52. The number of hydrogen-bond donors (Lipinski definition) is 1. The molecule has 0 bridgehead atoms. The van der Waals surface area contributed by atoms with Crippen LogP contribution in [-0.4, -0.2) is 19.1 Å². The molecule has 22 heavy (non-hydrogen) atoms. The molecule has 0 aliphatic rings. The molecule has 0 fully saturated rings. The van der Waals surface area contributed by atoms with E-state index in [1.165, 1.54) is 0 Å². The molecule has 2 rings (SSSR count). The molecule has 1 amide bonds. The van der Waals surface area contributed by atoms with E-state index >= 15 is 0 Å². The Hall–Kier alpha value is -2.25. The topological polar surface area (TPSA) is 38.3 Å². The minimum absolute atomic E-state index is 0.0339. The predicted molar refractivity (Wildman–Crippen MR) is 90.6 cm³/mol. The van der Waals surface area contributed by atoms with Crippen molar-refractivity contribution in [3.05, 3.63) is 64.6 Å². The molecule has 112 valence electrons. The van der Waals surface area contributed by atoms with Crippen molar-refractivity contribution in [2.24, 2.45) is 0 Å². The molecule has 0 saturated heterocycles. The molecular formula is C18H16BrNO2. The van der Waals surface area contributed by atoms with Gasteiger partial charge in [0.25, 0.3) is 0 Å². The molecular weight excluding hydrogens is 342 g/mol. The van der Waals surface area contributed by atoms with Crippen molar-refractivity contribution in [2.75, 3.05) is 13.2 Å². The lowest BCUT2D eigenvalue weighted by Crippen LogP contribution is -2.25. The molecule has 0 aliphatic carbocycles. The number of carbonyl (C=O) groups is 1. The van der Waals surface area contributed by atoms with E-state index in [0.29, 0.717) is 19.6 Å². The Morgan fingerprint density at radius 1 is 1.09 bits per heavy atom. The van der Waals surface area contributed by atoms with E-state index in [0.717, 1.165) is 15.8 Å². The van der Waals surface area contributed by atoms with E-state index in [-0.39, 0.29) is 5.91 Å². The molecule has 0 aliphatic heterocycles. The molecule has 0 aromatic heterocycles. The third-order valence-electron chi connectivity index (χ3n) is 2.81. The highest BCUT2D eigenvalue weighted by atomic mass is 79.9. The molecule has 3 nitrogen and oxygen atoms in total. The minimum Gasteiger partial charge on any atom is -0.481 e. The lowest BCUT2D eigenvalue weighted by molar-refractivity contribution is -0.120. The highest BCUT2D eigenvalue weighted by Crippen LogP contribution is 2.17. The Morgan fingerprint density at radius 2 is 1.91 bits per heavy atom. The number of ether oxygens (including phenoxy) is 1. The molecule has 0 unspecified atom stereocenters. The van der Waals surface area contributed by atoms with Gasteiger partial charge >= 0.3 is 0 Å². The van der Waals surface area contributed by atoms with Crippen molar-refractivity contribution in [2.45, 2.75) is 6.42 Å². The van der Waals surface area contributed by atoms with Gasteiger partial charge in [-0.3, -0.25) is 4.79 Å². The summed E-state index contributed by atoms with van der Waals surface area (Å²) in [5, 5.41) is 2.76. The van der Waals surface area contributed by atoms with Crippen molar-refractivity contribution < 1.29 is 9.53 Å². The van der Waals surface area contributed by atoms with Crippen LogP contribution >= 0.6 is 15.9 Å². The summed E-state index contributed by atoms with van der Waals surface area (Å²) in [6.07, 6.45) is 0.372. The van der Waals surface area contributed by atoms with Gasteiger partial charge in [-0.15, -0.1) is 0 Å². The van der Waals surface area contributed by atoms with E-state index in [1.54, 1.807) is 0 Å². The van der Waals surface area contributed by atoms with Crippen molar-refractivity contribution in [1.29, 1.82) is 0 Å². The first kappa shape index (κ1) is 16.1. The van der Waals surface area contributed by atoms with Crippen molar-refractivity contribution in [3.8, 4) is 17.6 Å². The van der Waals surface area contributed by atoms with Crippen LogP contribution in [0.15, 0.2) is 59.1 Å². The Labute approximate surface area is 138 Å². The first-order chi connectivity index (χ1) is 10.7. The largest absolute Gasteiger partial charge is 0.481 e. The first-order valence-electron chi connectivity index (χ1n) is 6.89. The Kier molecular flexibility index (Phi) is 6.53. The van der Waals surface area contributed by atoms with Crippen LogP contribution in [0.4, 0.5) is 0 Å². The van der Waals surface area contributed by atoms with Gasteiger partial charge in [-0.05, 0) is 23.8 Å². The third kappa shape index (κ3) is 6.02. The van der Waals surface area contributed by atoms with Crippen LogP contribution in [0.5, 0.6) is 5.75 Å². The highest BCUT2D eigenvalue weighted by molar-refractivity contribution is 9.10. The SMILES string of the molecule is O=C(Cc1ccccc1)NCC#CCOc1cccc(Br)c1. The standard InChI is InChI=1S/C18H16BrNO2/c19-16-9-6-10-17(14-16)22-12-5-4-11-20-18(21)13-15-7-2-1-3-8-15/h1-3,6-10,14H,11-13H2,(H,20,21). The molecule has 1 N–H and O–H groups in total. The van der Waals surface area contributed by atoms with Crippen molar-refractivity contribution in [3.63, 3.8) is 0 Å². The molecule has 2 aromatic carbocycles. The summed E-state index contributed by atoms with van der Waals surface area (Å²) in [5.41, 5.74) is 0.992. The number of hydrogen-bond acceptors (Lipinski definition) is 2. The summed E-state index contributed by atoms with van der Waals surface area (Å²) in [5.74, 6) is 6.47. The molecule has 0 radical (unpaired) electrons. The maximum absolute atomic E-state index is 11.7. The van der Waals surface area contributed by atoms with E-state index < -0.39 is 0 Å². The summed E-state index contributed by atoms with van der Waals surface area (Å²) in [6.45, 7) is 0.624. The van der Waals surface area contributed by atoms with Crippen LogP contribution in [0.3, 0.4) is 0 Å². The maximum atomic E-state index is 11.7. The summed E-state index contributed by atoms with van der Waals surface area (Å²) < 4.78 is 6.44. The zero-order valence-corrected chi connectivity index (χ0v) is 13.6. The molecule has 0 saturated carbocycles. The summed E-state index contributed by atoms with van der Waals surface area (Å²) in [6, 6.07) is 17.2. The Bertz CT molecular complexity index is 674. The number of nitrogens with one attached hydrogen (secondary N) is 1. The second-order valence-electron chi connectivity index (χ2n) is 4.54. The zero-order valence-electron chi connectivity index (χ0n) is 12.0. The van der Waals surface area contributed by atoms with E-state index in [2.05, 4.69) is 33.1 Å². The van der Waals surface area contributed by atoms with E-state index in [1.807, 2.05) is 54.6 Å². The van der Waals surface area contributed by atoms with Gasteiger partial charge in [-0.25, -0.2) is 0 Å². The number of amides is 1. The fourth-order valence-electron chi connectivity index (χ4n) is 1.78. The number of benzene rings is 2. The molecule has 0 heterocycles. The normalized spacial score (nSPS) is 9.50. The first-order valence-corrected chi connectivity index (χ1v) is 7.68. The van der Waals surface area contributed by atoms with Crippen LogP contribution in [-0.2, 0) is 11.2 Å². The van der Waals surface area contributed by atoms with Gasteiger partial charge in [0.05, 0.1) is 13.0 Å². The van der Waals surface area contributed by atoms with Crippen LogP contribution < -0.4 is 10.1 Å². The van der Waals surface area contributed by atoms with Gasteiger partial charge in [0.15, 0.2) is 0 Å². The lowest BCUT2D eigenvalue weighted by atomic mass is 10.1. The second-order valence-corrected chi connectivity index (χ2v) is 5.45. The van der Waals surface area contributed by atoms with Crippen LogP contribution in [0.25, 0.3) is 0 Å². The predicted octanol–water partition coefficient (Wildman–Crippen LogP) is 3.19. The van der Waals surface area contributed by atoms with Crippen molar-refractivity contribution >= 4 is 21.8 Å². The highest BCUT2D eigenvalue weighted by Gasteiger charge is 2.00. The van der Waals surface area contributed by atoms with Gasteiger partial charge in [0.1, 0.15) is 12.4 Å². The quantitative estimate of drug-likeness (QED) is 0.834. The summed E-state index contributed by atoms with van der Waals surface area (Å²) >= 11 is 3.38. The third-order valence-corrected chi connectivity index (χ3v) is 3.31. The number of rotatable bonds is 5. The van der Waals surface area contributed by atoms with Gasteiger partial charge in [0.2, 0.25) is 5.91 Å². The Balaban J connectivity index is 1.65. The van der Waals surface area contributed by atoms with Crippen molar-refractivity contribution in [1.82, 2.24) is 5.32 Å². The van der Waals surface area contributed by atoms with Crippen LogP contribution in [0.2, 0.25) is 0 Å². The summed E-state index contributed by atoms with van der Waals surface area (Å²) in [7, 11) is 0. The van der Waals surface area contributed by atoms with Crippen LogP contribution in [0, 0.1) is 11.8 Å².